The van der Waals surface area contributed by atoms with Crippen LogP contribution in [0.25, 0.3) is 11.0 Å². The highest BCUT2D eigenvalue weighted by molar-refractivity contribution is 5.91. The molecule has 0 spiro atoms. The van der Waals surface area contributed by atoms with Crippen LogP contribution in [0.2, 0.25) is 0 Å². The van der Waals surface area contributed by atoms with Gasteiger partial charge in [0.05, 0.1) is 12.0 Å². The molecule has 0 bridgehead atoms. The standard InChI is InChI=1S/C34H43N5O7/c1-4-21(17-37-5-2)33(43)45-26-15-23-30(42)29-25(41)14-22(18-40)44-32(29)24(12-20-9-11-38-28(36)13-20)31(23)46-34(26,3)10-8-19-6-7-27(35)39-16-19/h4,6-7,9,13-14,16,26-27,37-40,42H,5,8,10-12,15,17-18,35-36H2,1-3H3/b21-4-/t26-,27?,34+/m1/s1. The quantitative estimate of drug-likeness (QED) is 0.141. The van der Waals surface area contributed by atoms with Crippen molar-refractivity contribution < 1.29 is 28.9 Å². The number of esters is 1. The van der Waals surface area contributed by atoms with E-state index in [-0.39, 0.29) is 41.5 Å². The van der Waals surface area contributed by atoms with Crippen molar-refractivity contribution in [2.75, 3.05) is 19.6 Å². The van der Waals surface area contributed by atoms with Gasteiger partial charge < -0.3 is 51.5 Å². The molecule has 12 heteroatoms. The number of ether oxygens (including phenoxy) is 2. The number of dihydropyridines is 2. The first-order valence-corrected chi connectivity index (χ1v) is 15.6. The number of hydrogen-bond donors (Lipinski definition) is 7. The predicted molar refractivity (Wildman–Crippen MR) is 175 cm³/mol. The highest BCUT2D eigenvalue weighted by Gasteiger charge is 2.46. The maximum Gasteiger partial charge on any atom is 0.335 e. The second kappa shape index (κ2) is 13.9. The van der Waals surface area contributed by atoms with Gasteiger partial charge in [0.25, 0.3) is 0 Å². The van der Waals surface area contributed by atoms with Crippen LogP contribution in [0.1, 0.15) is 50.5 Å². The fourth-order valence-corrected chi connectivity index (χ4v) is 5.93. The first-order chi connectivity index (χ1) is 22.1. The Morgan fingerprint density at radius 2 is 2.13 bits per heavy atom. The minimum Gasteiger partial charge on any atom is -0.507 e. The number of nitrogens with one attached hydrogen (secondary N) is 3. The zero-order valence-electron chi connectivity index (χ0n) is 26.4. The third-order valence-electron chi connectivity index (χ3n) is 8.61. The van der Waals surface area contributed by atoms with Crippen LogP contribution in [0.3, 0.4) is 0 Å². The molecular formula is C34H43N5O7. The number of aromatic hydroxyl groups is 1. The number of fused-ring (bicyclic) bond motifs is 2. The molecule has 3 atom stereocenters. The molecule has 1 unspecified atom stereocenters. The third kappa shape index (κ3) is 6.84. The summed E-state index contributed by atoms with van der Waals surface area (Å²) in [6.07, 6.45) is 11.4. The molecule has 246 valence electrons. The monoisotopic (exact) mass is 633 g/mol. The summed E-state index contributed by atoms with van der Waals surface area (Å²) < 4.78 is 19.0. The Labute approximate surface area is 267 Å². The molecule has 0 fully saturated rings. The molecule has 4 heterocycles. The number of likely N-dealkylation sites (N-methyl/N-ethyl adjacent to an activating group) is 1. The van der Waals surface area contributed by atoms with E-state index in [9.17, 15) is 19.8 Å². The Kier molecular flexibility index (Phi) is 9.90. The molecule has 0 amide bonds. The SMILES string of the molecule is C/C=C(/CNCC)C(=O)O[C@@H]1Cc2c(c(CC3=CCNC(N)=C3)c3oc(CO)cc(=O)c3c2O)O[C@@]1(C)CCC1=CNC(N)C=C1. The molecule has 1 aromatic heterocycles. The molecule has 0 saturated carbocycles. The molecule has 5 rings (SSSR count). The minimum atomic E-state index is -1.06. The van der Waals surface area contributed by atoms with Crippen molar-refractivity contribution in [3.63, 3.8) is 0 Å². The van der Waals surface area contributed by atoms with Crippen molar-refractivity contribution in [3.8, 4) is 11.5 Å². The Morgan fingerprint density at radius 3 is 2.80 bits per heavy atom. The van der Waals surface area contributed by atoms with Crippen LogP contribution in [-0.2, 0) is 29.0 Å². The van der Waals surface area contributed by atoms with Crippen molar-refractivity contribution >= 4 is 16.9 Å². The van der Waals surface area contributed by atoms with Crippen LogP contribution in [0.4, 0.5) is 0 Å². The number of carbonyl (C=O) groups is 1. The fraction of sp³-hybridized carbons (Fsp3) is 0.412. The molecule has 0 aliphatic carbocycles. The summed E-state index contributed by atoms with van der Waals surface area (Å²) >= 11 is 0. The van der Waals surface area contributed by atoms with Crippen molar-refractivity contribution in [2.45, 2.75) is 70.9 Å². The predicted octanol–water partition coefficient (Wildman–Crippen LogP) is 2.13. The van der Waals surface area contributed by atoms with E-state index in [1.165, 1.54) is 0 Å². The number of aliphatic hydroxyl groups excluding tert-OH is 1. The first kappa shape index (κ1) is 32.9. The lowest BCUT2D eigenvalue weighted by Gasteiger charge is -2.43. The van der Waals surface area contributed by atoms with Gasteiger partial charge in [0, 0.05) is 54.9 Å². The summed E-state index contributed by atoms with van der Waals surface area (Å²) in [5, 5.41) is 30.7. The van der Waals surface area contributed by atoms with Gasteiger partial charge in [0.15, 0.2) is 5.43 Å². The number of phenolic OH excluding ortho intramolecular Hbond substituents is 1. The van der Waals surface area contributed by atoms with Gasteiger partial charge in [-0.1, -0.05) is 25.2 Å². The average molecular weight is 634 g/mol. The lowest BCUT2D eigenvalue weighted by molar-refractivity contribution is -0.159. The molecule has 3 aliphatic rings. The van der Waals surface area contributed by atoms with E-state index >= 15 is 0 Å². The minimum absolute atomic E-state index is 0.0316. The Balaban J connectivity index is 1.63. The highest BCUT2D eigenvalue weighted by atomic mass is 16.6. The molecular weight excluding hydrogens is 590 g/mol. The van der Waals surface area contributed by atoms with Gasteiger partial charge in [0.2, 0.25) is 0 Å². The van der Waals surface area contributed by atoms with Crippen LogP contribution < -0.4 is 37.6 Å². The van der Waals surface area contributed by atoms with Crippen molar-refractivity contribution in [1.82, 2.24) is 16.0 Å². The maximum atomic E-state index is 13.5. The van der Waals surface area contributed by atoms with Crippen LogP contribution in [0, 0.1) is 0 Å². The van der Waals surface area contributed by atoms with E-state index in [1.807, 2.05) is 38.3 Å². The largest absolute Gasteiger partial charge is 0.507 e. The Morgan fingerprint density at radius 1 is 1.33 bits per heavy atom. The number of benzene rings is 1. The molecule has 2 aromatic rings. The van der Waals surface area contributed by atoms with Gasteiger partial charge >= 0.3 is 5.97 Å². The number of carbonyl (C=O) groups excluding carboxylic acids is 1. The summed E-state index contributed by atoms with van der Waals surface area (Å²) in [6, 6.07) is 1.16. The third-order valence-corrected chi connectivity index (χ3v) is 8.61. The number of nitrogens with two attached hydrogens (primary N) is 2. The molecule has 0 saturated heterocycles. The zero-order chi connectivity index (χ0) is 33.0. The summed E-state index contributed by atoms with van der Waals surface area (Å²) in [5.41, 5.74) is 13.7. The van der Waals surface area contributed by atoms with Gasteiger partial charge in [-0.15, -0.1) is 0 Å². The van der Waals surface area contributed by atoms with E-state index < -0.39 is 29.7 Å². The Hall–Kier alpha value is -4.52. The lowest BCUT2D eigenvalue weighted by atomic mass is 9.82. The van der Waals surface area contributed by atoms with Gasteiger partial charge in [-0.2, -0.15) is 0 Å². The topological polar surface area (TPSA) is 194 Å². The molecule has 12 nitrogen and oxygen atoms in total. The van der Waals surface area contributed by atoms with E-state index in [0.717, 1.165) is 17.2 Å². The molecule has 9 N–H and O–H groups in total. The van der Waals surface area contributed by atoms with Crippen LogP contribution >= 0.6 is 0 Å². The fourth-order valence-electron chi connectivity index (χ4n) is 5.93. The van der Waals surface area contributed by atoms with E-state index in [1.54, 1.807) is 19.1 Å². The summed E-state index contributed by atoms with van der Waals surface area (Å²) in [4.78, 5) is 26.8. The smallest absolute Gasteiger partial charge is 0.335 e. The summed E-state index contributed by atoms with van der Waals surface area (Å²) in [7, 11) is 0. The average Bonchev–Trinajstić information content (AvgIpc) is 3.03. The second-order valence-electron chi connectivity index (χ2n) is 11.9. The number of aliphatic hydroxyl groups is 1. The van der Waals surface area contributed by atoms with Gasteiger partial charge in [-0.3, -0.25) is 4.79 Å². The first-order valence-electron chi connectivity index (χ1n) is 15.6. The molecule has 3 aliphatic heterocycles. The van der Waals surface area contributed by atoms with Crippen LogP contribution in [-0.4, -0.2) is 53.7 Å². The normalized spacial score (nSPS) is 22.5. The maximum absolute atomic E-state index is 13.5. The summed E-state index contributed by atoms with van der Waals surface area (Å²) in [6.45, 7) is 6.64. The van der Waals surface area contributed by atoms with Gasteiger partial charge in [-0.05, 0) is 56.5 Å². The van der Waals surface area contributed by atoms with Crippen LogP contribution in [0.15, 0.2) is 74.4 Å². The van der Waals surface area contributed by atoms with Gasteiger partial charge in [-0.25, -0.2) is 4.79 Å². The number of hydrogen-bond acceptors (Lipinski definition) is 12. The summed E-state index contributed by atoms with van der Waals surface area (Å²) in [5.74, 6) is 0.0867. The van der Waals surface area contributed by atoms with Crippen LogP contribution in [0.5, 0.6) is 11.5 Å². The number of rotatable bonds is 11. The molecule has 1 aromatic carbocycles. The van der Waals surface area contributed by atoms with Crippen molar-refractivity contribution in [3.05, 3.63) is 92.3 Å². The molecule has 46 heavy (non-hydrogen) atoms. The highest BCUT2D eigenvalue weighted by Crippen LogP contribution is 2.48. The van der Waals surface area contributed by atoms with E-state index in [0.29, 0.717) is 60.7 Å². The van der Waals surface area contributed by atoms with E-state index in [4.69, 9.17) is 25.4 Å². The lowest BCUT2D eigenvalue weighted by Crippen LogP contribution is -2.51. The molecule has 0 radical (unpaired) electrons. The van der Waals surface area contributed by atoms with Crippen molar-refractivity contribution in [2.24, 2.45) is 11.5 Å². The van der Waals surface area contributed by atoms with E-state index in [2.05, 4.69) is 16.0 Å². The van der Waals surface area contributed by atoms with Gasteiger partial charge in [0.1, 0.15) is 46.5 Å². The Bertz CT molecular complexity index is 1720. The number of allylic oxidation sites excluding steroid dienone is 5. The number of phenols is 1. The van der Waals surface area contributed by atoms with Crippen molar-refractivity contribution in [1.29, 1.82) is 0 Å². The second-order valence-corrected chi connectivity index (χ2v) is 11.9. The zero-order valence-corrected chi connectivity index (χ0v) is 26.4.